The Morgan fingerprint density at radius 3 is 2.81 bits per heavy atom. The lowest BCUT2D eigenvalue weighted by atomic mass is 10.3. The minimum atomic E-state index is -3.86. The van der Waals surface area contributed by atoms with Gasteiger partial charge in [-0.3, -0.25) is 9.82 Å². The number of nitrogens with zero attached hydrogens (tertiary/aromatic N) is 1. The van der Waals surface area contributed by atoms with Crippen LogP contribution < -0.4 is 4.72 Å². The summed E-state index contributed by atoms with van der Waals surface area (Å²) in [6, 6.07) is 6.34. The van der Waals surface area contributed by atoms with Gasteiger partial charge in [-0.15, -0.1) is 0 Å². The van der Waals surface area contributed by atoms with E-state index in [4.69, 9.17) is 4.74 Å². The third-order valence-electron chi connectivity index (χ3n) is 2.50. The molecule has 2 N–H and O–H groups in total. The van der Waals surface area contributed by atoms with Gasteiger partial charge in [0.25, 0.3) is 10.0 Å². The monoisotopic (exact) mass is 373 g/mol. The van der Waals surface area contributed by atoms with E-state index in [1.54, 1.807) is 25.1 Å². The number of carbonyl (C=O) groups excluding carboxylic acids is 1. The molecular formula is C12H12BrN3O4S. The number of aromatic amines is 1. The second-order valence-corrected chi connectivity index (χ2v) is 6.42. The van der Waals surface area contributed by atoms with E-state index in [0.29, 0.717) is 4.47 Å². The molecule has 0 saturated heterocycles. The number of anilines is 1. The normalized spacial score (nSPS) is 11.1. The molecule has 0 spiro atoms. The molecule has 0 fully saturated rings. The topological polar surface area (TPSA) is 101 Å². The number of ether oxygens (including phenoxy) is 1. The van der Waals surface area contributed by atoms with E-state index in [9.17, 15) is 13.2 Å². The van der Waals surface area contributed by atoms with Crippen LogP contribution in [0.4, 0.5) is 5.82 Å². The number of aromatic nitrogens is 2. The lowest BCUT2D eigenvalue weighted by Crippen LogP contribution is -2.16. The number of benzene rings is 1. The first-order chi connectivity index (χ1) is 9.95. The van der Waals surface area contributed by atoms with E-state index in [-0.39, 0.29) is 22.9 Å². The van der Waals surface area contributed by atoms with Crippen molar-refractivity contribution in [2.75, 3.05) is 11.3 Å². The van der Waals surface area contributed by atoms with Gasteiger partial charge in [0, 0.05) is 4.47 Å². The molecule has 0 bridgehead atoms. The first-order valence-electron chi connectivity index (χ1n) is 5.93. The van der Waals surface area contributed by atoms with Gasteiger partial charge < -0.3 is 4.74 Å². The predicted molar refractivity (Wildman–Crippen MR) is 79.5 cm³/mol. The zero-order valence-corrected chi connectivity index (χ0v) is 13.4. The first kappa shape index (κ1) is 15.5. The first-order valence-corrected chi connectivity index (χ1v) is 8.21. The molecule has 1 aromatic heterocycles. The van der Waals surface area contributed by atoms with Crippen molar-refractivity contribution in [1.82, 2.24) is 10.2 Å². The third kappa shape index (κ3) is 3.42. The highest BCUT2D eigenvalue weighted by atomic mass is 79.9. The molecule has 7 nitrogen and oxygen atoms in total. The summed E-state index contributed by atoms with van der Waals surface area (Å²) in [4.78, 5) is 11.7. The van der Waals surface area contributed by atoms with Gasteiger partial charge in [0.05, 0.1) is 12.8 Å². The fraction of sp³-hybridized carbons (Fsp3) is 0.167. The van der Waals surface area contributed by atoms with Crippen molar-refractivity contribution in [1.29, 1.82) is 0 Å². The Morgan fingerprint density at radius 1 is 1.43 bits per heavy atom. The summed E-state index contributed by atoms with van der Waals surface area (Å²) in [5, 5.41) is 6.10. The fourth-order valence-electron chi connectivity index (χ4n) is 1.58. The van der Waals surface area contributed by atoms with Crippen molar-refractivity contribution < 1.29 is 17.9 Å². The van der Waals surface area contributed by atoms with E-state index < -0.39 is 16.0 Å². The third-order valence-corrected chi connectivity index (χ3v) is 4.86. The summed E-state index contributed by atoms with van der Waals surface area (Å²) < 4.78 is 32.2. The highest BCUT2D eigenvalue weighted by Crippen LogP contribution is 2.24. The van der Waals surface area contributed by atoms with Crippen molar-refractivity contribution in [3.8, 4) is 0 Å². The fourth-order valence-corrected chi connectivity index (χ4v) is 3.62. The van der Waals surface area contributed by atoms with Crippen LogP contribution in [0, 0.1) is 0 Å². The van der Waals surface area contributed by atoms with E-state index in [1.165, 1.54) is 12.3 Å². The second kappa shape index (κ2) is 6.27. The molecule has 0 saturated carbocycles. The number of sulfonamides is 1. The number of carbonyl (C=O) groups is 1. The van der Waals surface area contributed by atoms with Crippen LogP contribution in [0.5, 0.6) is 0 Å². The largest absolute Gasteiger partial charge is 0.462 e. The Morgan fingerprint density at radius 2 is 2.14 bits per heavy atom. The van der Waals surface area contributed by atoms with Gasteiger partial charge >= 0.3 is 5.97 Å². The smallest absolute Gasteiger partial charge is 0.343 e. The molecule has 1 aromatic carbocycles. The molecular weight excluding hydrogens is 362 g/mol. The van der Waals surface area contributed by atoms with Gasteiger partial charge in [0.1, 0.15) is 16.3 Å². The van der Waals surface area contributed by atoms with Crippen LogP contribution >= 0.6 is 15.9 Å². The predicted octanol–water partition coefficient (Wildman–Crippen LogP) is 2.15. The number of halogens is 1. The molecule has 0 aliphatic rings. The molecule has 2 rings (SSSR count). The zero-order valence-electron chi connectivity index (χ0n) is 11.0. The highest BCUT2D eigenvalue weighted by molar-refractivity contribution is 9.10. The number of nitrogens with one attached hydrogen (secondary N) is 2. The molecule has 112 valence electrons. The van der Waals surface area contributed by atoms with Gasteiger partial charge in [-0.25, -0.2) is 13.2 Å². The van der Waals surface area contributed by atoms with E-state index in [1.807, 2.05) is 0 Å². The maximum absolute atomic E-state index is 12.3. The van der Waals surface area contributed by atoms with Gasteiger partial charge in [-0.05, 0) is 35.0 Å². The van der Waals surface area contributed by atoms with Crippen LogP contribution in [0.1, 0.15) is 17.3 Å². The average molecular weight is 374 g/mol. The van der Waals surface area contributed by atoms with Crippen LogP contribution in [-0.4, -0.2) is 31.2 Å². The average Bonchev–Trinajstić information content (AvgIpc) is 2.86. The molecule has 9 heteroatoms. The summed E-state index contributed by atoms with van der Waals surface area (Å²) in [6.45, 7) is 1.84. The van der Waals surface area contributed by atoms with Crippen LogP contribution in [0.15, 0.2) is 39.8 Å². The summed E-state index contributed by atoms with van der Waals surface area (Å²) in [7, 11) is -3.86. The summed E-state index contributed by atoms with van der Waals surface area (Å²) in [5.74, 6) is -0.694. The number of esters is 1. The van der Waals surface area contributed by atoms with Crippen molar-refractivity contribution >= 4 is 37.7 Å². The number of rotatable bonds is 5. The SMILES string of the molecule is CCOC(=O)c1cn[nH]c1NS(=O)(=O)c1ccccc1Br. The van der Waals surface area contributed by atoms with Gasteiger partial charge in [0.2, 0.25) is 0 Å². The van der Waals surface area contributed by atoms with Crippen molar-refractivity contribution in [2.24, 2.45) is 0 Å². The molecule has 21 heavy (non-hydrogen) atoms. The van der Waals surface area contributed by atoms with E-state index in [2.05, 4.69) is 30.8 Å². The standard InChI is InChI=1S/C12H12BrN3O4S/c1-2-20-12(17)8-7-14-15-11(8)16-21(18,19)10-6-4-3-5-9(10)13/h3-7H,2H2,1H3,(H2,14,15,16). The minimum absolute atomic E-state index is 0.0208. The molecule has 1 heterocycles. The van der Waals surface area contributed by atoms with Crippen LogP contribution in [0.3, 0.4) is 0 Å². The molecule has 0 unspecified atom stereocenters. The van der Waals surface area contributed by atoms with E-state index >= 15 is 0 Å². The van der Waals surface area contributed by atoms with Crippen LogP contribution in [0.2, 0.25) is 0 Å². The molecule has 0 aliphatic heterocycles. The Balaban J connectivity index is 2.33. The molecule has 0 aliphatic carbocycles. The lowest BCUT2D eigenvalue weighted by molar-refractivity contribution is 0.0527. The molecule has 0 amide bonds. The van der Waals surface area contributed by atoms with Gasteiger partial charge in [-0.2, -0.15) is 5.10 Å². The number of H-pyrrole nitrogens is 1. The zero-order chi connectivity index (χ0) is 15.5. The highest BCUT2D eigenvalue weighted by Gasteiger charge is 2.22. The Labute approximate surface area is 129 Å². The van der Waals surface area contributed by atoms with E-state index in [0.717, 1.165) is 0 Å². The van der Waals surface area contributed by atoms with Crippen molar-refractivity contribution in [3.05, 3.63) is 40.5 Å². The quantitative estimate of drug-likeness (QED) is 0.781. The minimum Gasteiger partial charge on any atom is -0.462 e. The van der Waals surface area contributed by atoms with Crippen molar-refractivity contribution in [2.45, 2.75) is 11.8 Å². The number of hydrogen-bond donors (Lipinski definition) is 2. The molecule has 2 aromatic rings. The Hall–Kier alpha value is -1.87. The molecule has 0 atom stereocenters. The lowest BCUT2D eigenvalue weighted by Gasteiger charge is -2.09. The van der Waals surface area contributed by atoms with Crippen molar-refractivity contribution in [3.63, 3.8) is 0 Å². The van der Waals surface area contributed by atoms with Gasteiger partial charge in [0.15, 0.2) is 0 Å². The summed E-state index contributed by atoms with van der Waals surface area (Å²) in [6.07, 6.45) is 1.20. The summed E-state index contributed by atoms with van der Waals surface area (Å²) in [5.41, 5.74) is 0.0208. The number of hydrogen-bond acceptors (Lipinski definition) is 5. The van der Waals surface area contributed by atoms with Crippen LogP contribution in [0.25, 0.3) is 0 Å². The molecule has 0 radical (unpaired) electrons. The Bertz CT molecular complexity index is 757. The Kier molecular flexibility index (Phi) is 4.63. The summed E-state index contributed by atoms with van der Waals surface area (Å²) >= 11 is 3.17. The van der Waals surface area contributed by atoms with Crippen LogP contribution in [-0.2, 0) is 14.8 Å². The maximum Gasteiger partial charge on any atom is 0.343 e. The maximum atomic E-state index is 12.3. The van der Waals surface area contributed by atoms with Gasteiger partial charge in [-0.1, -0.05) is 12.1 Å². The second-order valence-electron chi connectivity index (χ2n) is 3.92.